The van der Waals surface area contributed by atoms with E-state index in [9.17, 15) is 4.79 Å². The van der Waals surface area contributed by atoms with Gasteiger partial charge in [0.25, 0.3) is 0 Å². The van der Waals surface area contributed by atoms with Crippen molar-refractivity contribution in [2.45, 2.75) is 26.7 Å². The number of carbonyl (C=O) groups excluding carboxylic acids is 1. The molecule has 0 bridgehead atoms. The highest BCUT2D eigenvalue weighted by Crippen LogP contribution is 2.23. The smallest absolute Gasteiger partial charge is 0.232 e. The van der Waals surface area contributed by atoms with E-state index in [4.69, 9.17) is 18.0 Å². The predicted molar refractivity (Wildman–Crippen MR) is 89.9 cm³/mol. The maximum atomic E-state index is 12.8. The number of carbonyl (C=O) groups is 1. The fraction of sp³-hybridized carbons (Fsp3) is 0.529. The third-order valence-electron chi connectivity index (χ3n) is 4.10. The molecule has 1 heterocycles. The van der Waals surface area contributed by atoms with Crippen LogP contribution >= 0.6 is 12.2 Å². The van der Waals surface area contributed by atoms with Gasteiger partial charge in [-0.1, -0.05) is 56.4 Å². The third kappa shape index (κ3) is 4.27. The number of amides is 1. The summed E-state index contributed by atoms with van der Waals surface area (Å²) in [5, 5.41) is 0. The lowest BCUT2D eigenvalue weighted by atomic mass is 9.90. The molecule has 3 unspecified atom stereocenters. The van der Waals surface area contributed by atoms with Crippen molar-refractivity contribution in [3.05, 3.63) is 35.9 Å². The van der Waals surface area contributed by atoms with Gasteiger partial charge in [0.15, 0.2) is 0 Å². The van der Waals surface area contributed by atoms with Gasteiger partial charge < -0.3 is 10.6 Å². The summed E-state index contributed by atoms with van der Waals surface area (Å²) in [6.45, 7) is 6.03. The van der Waals surface area contributed by atoms with Crippen LogP contribution in [0, 0.1) is 17.8 Å². The van der Waals surface area contributed by atoms with Crippen molar-refractivity contribution in [2.75, 3.05) is 13.1 Å². The SMILES string of the molecule is CC1CC(C)CN(C(=O)C(Cc2ccccc2)C(N)=S)C1. The first-order chi connectivity index (χ1) is 9.97. The molecule has 3 nitrogen and oxygen atoms in total. The molecule has 0 aromatic heterocycles. The van der Waals surface area contributed by atoms with Crippen LogP contribution in [-0.2, 0) is 11.2 Å². The summed E-state index contributed by atoms with van der Waals surface area (Å²) in [4.78, 5) is 15.0. The Morgan fingerprint density at radius 3 is 2.38 bits per heavy atom. The Morgan fingerprint density at radius 2 is 1.86 bits per heavy atom. The van der Waals surface area contributed by atoms with Crippen LogP contribution in [0.25, 0.3) is 0 Å². The van der Waals surface area contributed by atoms with Gasteiger partial charge in [-0.3, -0.25) is 4.79 Å². The van der Waals surface area contributed by atoms with Gasteiger partial charge in [-0.05, 0) is 30.2 Å². The van der Waals surface area contributed by atoms with E-state index < -0.39 is 0 Å². The zero-order chi connectivity index (χ0) is 15.4. The van der Waals surface area contributed by atoms with Gasteiger partial charge in [-0.15, -0.1) is 0 Å². The summed E-state index contributed by atoms with van der Waals surface area (Å²) in [5.74, 6) is 0.785. The summed E-state index contributed by atoms with van der Waals surface area (Å²) >= 11 is 5.15. The average molecular weight is 304 g/mol. The molecule has 4 heteroatoms. The molecule has 1 aromatic rings. The van der Waals surface area contributed by atoms with E-state index in [2.05, 4.69) is 13.8 Å². The second-order valence-corrected chi connectivity index (χ2v) is 6.81. The Labute approximate surface area is 132 Å². The van der Waals surface area contributed by atoms with E-state index in [0.29, 0.717) is 23.2 Å². The number of piperidine rings is 1. The first-order valence-corrected chi connectivity index (χ1v) is 8.00. The maximum absolute atomic E-state index is 12.8. The number of nitrogens with two attached hydrogens (primary N) is 1. The Bertz CT molecular complexity index is 493. The van der Waals surface area contributed by atoms with Gasteiger partial charge in [-0.25, -0.2) is 0 Å². The van der Waals surface area contributed by atoms with Crippen LogP contribution in [-0.4, -0.2) is 28.9 Å². The molecule has 3 atom stereocenters. The van der Waals surface area contributed by atoms with Crippen LogP contribution in [0.1, 0.15) is 25.8 Å². The van der Waals surface area contributed by atoms with Crippen molar-refractivity contribution < 1.29 is 4.79 Å². The molecule has 1 fully saturated rings. The summed E-state index contributed by atoms with van der Waals surface area (Å²) < 4.78 is 0. The van der Waals surface area contributed by atoms with Crippen molar-refractivity contribution in [3.63, 3.8) is 0 Å². The fourth-order valence-corrected chi connectivity index (χ4v) is 3.41. The van der Waals surface area contributed by atoms with Crippen LogP contribution in [0.5, 0.6) is 0 Å². The quantitative estimate of drug-likeness (QED) is 0.870. The molecule has 21 heavy (non-hydrogen) atoms. The van der Waals surface area contributed by atoms with E-state index in [0.717, 1.165) is 18.7 Å². The van der Waals surface area contributed by atoms with Crippen LogP contribution in [0.15, 0.2) is 30.3 Å². The minimum absolute atomic E-state index is 0.0877. The minimum atomic E-state index is -0.389. The minimum Gasteiger partial charge on any atom is -0.393 e. The van der Waals surface area contributed by atoms with Crippen molar-refractivity contribution in [3.8, 4) is 0 Å². The number of hydrogen-bond acceptors (Lipinski definition) is 2. The number of rotatable bonds is 4. The van der Waals surface area contributed by atoms with Crippen molar-refractivity contribution >= 4 is 23.1 Å². The summed E-state index contributed by atoms with van der Waals surface area (Å²) in [7, 11) is 0. The number of hydrogen-bond donors (Lipinski definition) is 1. The zero-order valence-corrected chi connectivity index (χ0v) is 13.6. The zero-order valence-electron chi connectivity index (χ0n) is 12.8. The molecular formula is C17H24N2OS. The third-order valence-corrected chi connectivity index (χ3v) is 4.39. The lowest BCUT2D eigenvalue weighted by molar-refractivity contribution is -0.136. The molecule has 1 saturated heterocycles. The van der Waals surface area contributed by atoms with E-state index in [1.54, 1.807) is 0 Å². The second kappa shape index (κ2) is 7.03. The number of benzene rings is 1. The van der Waals surface area contributed by atoms with E-state index >= 15 is 0 Å². The van der Waals surface area contributed by atoms with Crippen molar-refractivity contribution in [1.29, 1.82) is 0 Å². The Hall–Kier alpha value is -1.42. The average Bonchev–Trinajstić information content (AvgIpc) is 2.44. The van der Waals surface area contributed by atoms with E-state index in [1.165, 1.54) is 6.42 Å². The van der Waals surface area contributed by atoms with Crippen LogP contribution in [0.3, 0.4) is 0 Å². The maximum Gasteiger partial charge on any atom is 0.232 e. The standard InChI is InChI=1S/C17H24N2OS/c1-12-8-13(2)11-19(10-12)17(20)15(16(18)21)9-14-6-4-3-5-7-14/h3-7,12-13,15H,8-11H2,1-2H3,(H2,18,21). The van der Waals surface area contributed by atoms with Gasteiger partial charge in [-0.2, -0.15) is 0 Å². The molecule has 0 spiro atoms. The van der Waals surface area contributed by atoms with Gasteiger partial charge in [0, 0.05) is 13.1 Å². The Morgan fingerprint density at radius 1 is 1.29 bits per heavy atom. The first-order valence-electron chi connectivity index (χ1n) is 7.59. The molecule has 1 aliphatic rings. The fourth-order valence-electron chi connectivity index (χ4n) is 3.22. The lowest BCUT2D eigenvalue weighted by Crippen LogP contribution is -2.48. The number of nitrogens with zero attached hydrogens (tertiary/aromatic N) is 1. The molecule has 0 aliphatic carbocycles. The summed E-state index contributed by atoms with van der Waals surface area (Å²) in [5.41, 5.74) is 6.94. The first kappa shape index (κ1) is 16.0. The molecule has 2 N–H and O–H groups in total. The topological polar surface area (TPSA) is 46.3 Å². The van der Waals surface area contributed by atoms with Gasteiger partial charge >= 0.3 is 0 Å². The number of likely N-dealkylation sites (tertiary alicyclic amines) is 1. The second-order valence-electron chi connectivity index (χ2n) is 6.33. The molecule has 1 amide bonds. The van der Waals surface area contributed by atoms with Crippen molar-refractivity contribution in [1.82, 2.24) is 4.90 Å². The van der Waals surface area contributed by atoms with Gasteiger partial charge in [0.2, 0.25) is 5.91 Å². The molecule has 2 rings (SSSR count). The van der Waals surface area contributed by atoms with E-state index in [1.807, 2.05) is 35.2 Å². The van der Waals surface area contributed by atoms with Crippen LogP contribution < -0.4 is 5.73 Å². The highest BCUT2D eigenvalue weighted by atomic mass is 32.1. The van der Waals surface area contributed by atoms with Crippen molar-refractivity contribution in [2.24, 2.45) is 23.5 Å². The van der Waals surface area contributed by atoms with Gasteiger partial charge in [0.05, 0.1) is 10.9 Å². The highest BCUT2D eigenvalue weighted by molar-refractivity contribution is 7.80. The molecule has 1 aliphatic heterocycles. The van der Waals surface area contributed by atoms with E-state index in [-0.39, 0.29) is 11.8 Å². The Kier molecular flexibility index (Phi) is 5.34. The number of thiocarbonyl (C=S) groups is 1. The largest absolute Gasteiger partial charge is 0.393 e. The Balaban J connectivity index is 2.10. The lowest BCUT2D eigenvalue weighted by Gasteiger charge is -2.36. The normalized spacial score (nSPS) is 23.6. The van der Waals surface area contributed by atoms with Crippen LogP contribution in [0.2, 0.25) is 0 Å². The molecule has 1 aromatic carbocycles. The summed E-state index contributed by atoms with van der Waals surface area (Å²) in [6.07, 6.45) is 1.77. The molecule has 0 saturated carbocycles. The van der Waals surface area contributed by atoms with Gasteiger partial charge in [0.1, 0.15) is 0 Å². The predicted octanol–water partition coefficient (Wildman–Crippen LogP) is 2.64. The molecule has 114 valence electrons. The monoisotopic (exact) mass is 304 g/mol. The molecular weight excluding hydrogens is 280 g/mol. The summed E-state index contributed by atoms with van der Waals surface area (Å²) in [6, 6.07) is 9.94. The highest BCUT2D eigenvalue weighted by Gasteiger charge is 2.31. The van der Waals surface area contributed by atoms with Crippen LogP contribution in [0.4, 0.5) is 0 Å². The molecule has 0 radical (unpaired) electrons.